The molecule has 1 aliphatic heterocycles. The second-order valence-corrected chi connectivity index (χ2v) is 5.11. The first kappa shape index (κ1) is 12.9. The first-order chi connectivity index (χ1) is 8.09. The van der Waals surface area contributed by atoms with Crippen molar-refractivity contribution in [1.82, 2.24) is 4.90 Å². The SMILES string of the molecule is CN(Cc1c(F)ccc(Br)c1F)C1CCOC1. The first-order valence-corrected chi connectivity index (χ1v) is 6.29. The molecule has 0 N–H and O–H groups in total. The van der Waals surface area contributed by atoms with E-state index in [2.05, 4.69) is 15.9 Å². The lowest BCUT2D eigenvalue weighted by Crippen LogP contribution is -2.32. The minimum absolute atomic E-state index is 0.105. The van der Waals surface area contributed by atoms with E-state index in [0.29, 0.717) is 11.1 Å². The molecule has 1 saturated heterocycles. The highest BCUT2D eigenvalue weighted by molar-refractivity contribution is 9.10. The highest BCUT2D eigenvalue weighted by Crippen LogP contribution is 2.24. The van der Waals surface area contributed by atoms with Crippen molar-refractivity contribution in [3.05, 3.63) is 33.8 Å². The van der Waals surface area contributed by atoms with Crippen molar-refractivity contribution in [2.45, 2.75) is 19.0 Å². The van der Waals surface area contributed by atoms with Gasteiger partial charge in [0.1, 0.15) is 11.6 Å². The molecule has 0 radical (unpaired) electrons. The molecule has 0 saturated carbocycles. The summed E-state index contributed by atoms with van der Waals surface area (Å²) in [7, 11) is 1.86. The number of ether oxygens (including phenoxy) is 1. The molecule has 0 amide bonds. The van der Waals surface area contributed by atoms with Crippen LogP contribution in [0.25, 0.3) is 0 Å². The lowest BCUT2D eigenvalue weighted by Gasteiger charge is -2.23. The normalized spacial score (nSPS) is 20.2. The molecule has 1 atom stereocenters. The summed E-state index contributed by atoms with van der Waals surface area (Å²) in [5.74, 6) is -1.02. The zero-order valence-electron chi connectivity index (χ0n) is 9.55. The highest BCUT2D eigenvalue weighted by Gasteiger charge is 2.22. The molecule has 1 heterocycles. The maximum absolute atomic E-state index is 13.8. The number of halogens is 3. The van der Waals surface area contributed by atoms with Crippen LogP contribution in [0.2, 0.25) is 0 Å². The Morgan fingerprint density at radius 2 is 2.24 bits per heavy atom. The van der Waals surface area contributed by atoms with Crippen LogP contribution in [0.15, 0.2) is 16.6 Å². The Hall–Kier alpha value is -0.520. The molecule has 2 rings (SSSR count). The van der Waals surface area contributed by atoms with Crippen LogP contribution in [0.4, 0.5) is 8.78 Å². The van der Waals surface area contributed by atoms with E-state index in [1.807, 2.05) is 11.9 Å². The number of rotatable bonds is 3. The van der Waals surface area contributed by atoms with Gasteiger partial charge in [0.05, 0.1) is 11.1 Å². The number of hydrogen-bond donors (Lipinski definition) is 0. The summed E-state index contributed by atoms with van der Waals surface area (Å²) >= 11 is 3.07. The van der Waals surface area contributed by atoms with Crippen LogP contribution in [-0.4, -0.2) is 31.2 Å². The Kier molecular flexibility index (Phi) is 4.12. The summed E-state index contributed by atoms with van der Waals surface area (Å²) in [6.07, 6.45) is 0.910. The van der Waals surface area contributed by atoms with Crippen molar-refractivity contribution >= 4 is 15.9 Å². The number of benzene rings is 1. The van der Waals surface area contributed by atoms with Gasteiger partial charge in [0, 0.05) is 24.8 Å². The molecule has 2 nitrogen and oxygen atoms in total. The van der Waals surface area contributed by atoms with Crippen molar-refractivity contribution in [2.75, 3.05) is 20.3 Å². The second-order valence-electron chi connectivity index (χ2n) is 4.25. The second kappa shape index (κ2) is 5.42. The Labute approximate surface area is 108 Å². The van der Waals surface area contributed by atoms with Gasteiger partial charge in [-0.15, -0.1) is 0 Å². The summed E-state index contributed by atoms with van der Waals surface area (Å²) in [5.41, 5.74) is 0.105. The Morgan fingerprint density at radius 1 is 1.47 bits per heavy atom. The summed E-state index contributed by atoms with van der Waals surface area (Å²) in [6.45, 7) is 1.61. The van der Waals surface area contributed by atoms with E-state index >= 15 is 0 Å². The van der Waals surface area contributed by atoms with Gasteiger partial charge in [0.15, 0.2) is 0 Å². The third-order valence-electron chi connectivity index (χ3n) is 3.08. The summed E-state index contributed by atoms with van der Waals surface area (Å²) in [5, 5.41) is 0. The lowest BCUT2D eigenvalue weighted by molar-refractivity contribution is 0.155. The van der Waals surface area contributed by atoms with Gasteiger partial charge >= 0.3 is 0 Å². The van der Waals surface area contributed by atoms with E-state index in [9.17, 15) is 8.78 Å². The molecule has 1 aromatic carbocycles. The fraction of sp³-hybridized carbons (Fsp3) is 0.500. The number of nitrogens with zero attached hydrogens (tertiary/aromatic N) is 1. The lowest BCUT2D eigenvalue weighted by atomic mass is 10.1. The van der Waals surface area contributed by atoms with E-state index < -0.39 is 11.6 Å². The zero-order chi connectivity index (χ0) is 12.4. The monoisotopic (exact) mass is 305 g/mol. The van der Waals surface area contributed by atoms with Crippen molar-refractivity contribution in [3.63, 3.8) is 0 Å². The molecule has 1 fully saturated rings. The number of hydrogen-bond acceptors (Lipinski definition) is 2. The van der Waals surface area contributed by atoms with Gasteiger partial charge in [-0.3, -0.25) is 4.90 Å². The maximum atomic E-state index is 13.8. The van der Waals surface area contributed by atoms with Crippen LogP contribution in [0.3, 0.4) is 0 Å². The molecule has 0 aliphatic carbocycles. The van der Waals surface area contributed by atoms with E-state index in [4.69, 9.17) is 4.74 Å². The third-order valence-corrected chi connectivity index (χ3v) is 3.69. The van der Waals surface area contributed by atoms with E-state index in [1.54, 1.807) is 0 Å². The fourth-order valence-corrected chi connectivity index (χ4v) is 2.33. The first-order valence-electron chi connectivity index (χ1n) is 5.50. The summed E-state index contributed by atoms with van der Waals surface area (Å²) < 4.78 is 32.9. The molecule has 94 valence electrons. The van der Waals surface area contributed by atoms with Gasteiger partial charge in [-0.2, -0.15) is 0 Å². The van der Waals surface area contributed by atoms with Crippen molar-refractivity contribution in [3.8, 4) is 0 Å². The minimum atomic E-state index is -0.518. The predicted molar refractivity (Wildman–Crippen MR) is 64.7 cm³/mol. The zero-order valence-corrected chi connectivity index (χ0v) is 11.1. The molecular formula is C12H14BrF2NO. The van der Waals surface area contributed by atoms with Gasteiger partial charge in [0.2, 0.25) is 0 Å². The third kappa shape index (κ3) is 2.84. The molecule has 1 aliphatic rings. The van der Waals surface area contributed by atoms with Crippen LogP contribution >= 0.6 is 15.9 Å². The van der Waals surface area contributed by atoms with E-state index in [-0.39, 0.29) is 18.2 Å². The molecule has 0 spiro atoms. The van der Waals surface area contributed by atoms with Gasteiger partial charge in [-0.1, -0.05) is 0 Å². The predicted octanol–water partition coefficient (Wildman–Crippen LogP) is 2.95. The maximum Gasteiger partial charge on any atom is 0.144 e. The van der Waals surface area contributed by atoms with Crippen molar-refractivity contribution < 1.29 is 13.5 Å². The average molecular weight is 306 g/mol. The van der Waals surface area contributed by atoms with Crippen LogP contribution in [-0.2, 0) is 11.3 Å². The van der Waals surface area contributed by atoms with Gasteiger partial charge < -0.3 is 4.74 Å². The topological polar surface area (TPSA) is 12.5 Å². The quantitative estimate of drug-likeness (QED) is 0.796. The molecule has 0 bridgehead atoms. The highest BCUT2D eigenvalue weighted by atomic mass is 79.9. The minimum Gasteiger partial charge on any atom is -0.380 e. The smallest absolute Gasteiger partial charge is 0.144 e. The van der Waals surface area contributed by atoms with Gasteiger partial charge in [0.25, 0.3) is 0 Å². The van der Waals surface area contributed by atoms with E-state index in [1.165, 1.54) is 12.1 Å². The fourth-order valence-electron chi connectivity index (χ4n) is 1.96. The van der Waals surface area contributed by atoms with Gasteiger partial charge in [-0.05, 0) is 41.5 Å². The molecule has 5 heteroatoms. The molecule has 1 unspecified atom stereocenters. The molecule has 17 heavy (non-hydrogen) atoms. The van der Waals surface area contributed by atoms with Crippen molar-refractivity contribution in [2.24, 2.45) is 0 Å². The van der Waals surface area contributed by atoms with Crippen molar-refractivity contribution in [1.29, 1.82) is 0 Å². The van der Waals surface area contributed by atoms with Crippen LogP contribution in [0, 0.1) is 11.6 Å². The van der Waals surface area contributed by atoms with Crippen LogP contribution < -0.4 is 0 Å². The van der Waals surface area contributed by atoms with Crippen LogP contribution in [0.1, 0.15) is 12.0 Å². The summed E-state index contributed by atoms with van der Waals surface area (Å²) in [4.78, 5) is 1.93. The average Bonchev–Trinajstić information content (AvgIpc) is 2.83. The Bertz CT molecular complexity index is 408. The molecule has 0 aromatic heterocycles. The largest absolute Gasteiger partial charge is 0.380 e. The Morgan fingerprint density at radius 3 is 2.88 bits per heavy atom. The standard InChI is InChI=1S/C12H14BrF2NO/c1-16(8-4-5-17-7-8)6-9-11(14)3-2-10(13)12(9)15/h2-3,8H,4-7H2,1H3. The Balaban J connectivity index is 2.14. The molecule has 1 aromatic rings. The summed E-state index contributed by atoms with van der Waals surface area (Å²) in [6, 6.07) is 2.90. The van der Waals surface area contributed by atoms with Crippen LogP contribution in [0.5, 0.6) is 0 Å². The van der Waals surface area contributed by atoms with Gasteiger partial charge in [-0.25, -0.2) is 8.78 Å². The number of likely N-dealkylation sites (N-methyl/N-ethyl adjacent to an activating group) is 1. The molecular weight excluding hydrogens is 292 g/mol. The van der Waals surface area contributed by atoms with E-state index in [0.717, 1.165) is 13.0 Å².